The number of ether oxygens (including phenoxy) is 2. The molecule has 0 saturated carbocycles. The van der Waals surface area contributed by atoms with Crippen LogP contribution in [-0.2, 0) is 0 Å². The summed E-state index contributed by atoms with van der Waals surface area (Å²) in [5.74, 6) is 1.60. The minimum atomic E-state index is 0.602. The average molecular weight is 265 g/mol. The number of aromatic nitrogens is 1. The molecule has 2 heterocycles. The van der Waals surface area contributed by atoms with Crippen LogP contribution in [0, 0.1) is 6.92 Å². The number of benzene rings is 1. The van der Waals surface area contributed by atoms with Gasteiger partial charge in [-0.15, -0.1) is 24.0 Å². The Morgan fingerprint density at radius 1 is 1.24 bits per heavy atom. The van der Waals surface area contributed by atoms with Gasteiger partial charge in [-0.1, -0.05) is 0 Å². The van der Waals surface area contributed by atoms with E-state index in [4.69, 9.17) is 9.47 Å². The molecule has 0 bridgehead atoms. The molecule has 1 aliphatic heterocycles. The zero-order chi connectivity index (χ0) is 11.8. The first kappa shape index (κ1) is 10.9. The van der Waals surface area contributed by atoms with Gasteiger partial charge in [0, 0.05) is 5.56 Å². The molecule has 2 aromatic rings. The molecule has 1 aromatic heterocycles. The van der Waals surface area contributed by atoms with Crippen molar-refractivity contribution in [3.63, 3.8) is 0 Å². The predicted molar refractivity (Wildman–Crippen MR) is 70.5 cm³/mol. The van der Waals surface area contributed by atoms with Crippen LogP contribution in [0.4, 0.5) is 0 Å². The number of hydrogen-bond acceptors (Lipinski definition) is 5. The Hall–Kier alpha value is -1.20. The number of thiazole rings is 1. The number of thiol groups is 1. The first-order chi connectivity index (χ1) is 8.24. The number of hydrogen-bond donors (Lipinski definition) is 1. The molecule has 0 aliphatic carbocycles. The van der Waals surface area contributed by atoms with Crippen molar-refractivity contribution in [3.8, 4) is 22.1 Å². The number of nitrogens with zero attached hydrogens (tertiary/aromatic N) is 1. The van der Waals surface area contributed by atoms with Crippen LogP contribution in [0.1, 0.15) is 5.69 Å². The zero-order valence-electron chi connectivity index (χ0n) is 9.27. The molecule has 1 aromatic carbocycles. The quantitative estimate of drug-likeness (QED) is 0.804. The summed E-state index contributed by atoms with van der Waals surface area (Å²) < 4.78 is 12.0. The second kappa shape index (κ2) is 4.23. The van der Waals surface area contributed by atoms with Crippen LogP contribution in [0.25, 0.3) is 10.6 Å². The fourth-order valence-electron chi connectivity index (χ4n) is 1.69. The lowest BCUT2D eigenvalue weighted by Gasteiger charge is -2.18. The SMILES string of the molecule is Cc1nc(-c2ccc3c(c2)OCCO3)sc1S. The summed E-state index contributed by atoms with van der Waals surface area (Å²) in [5.41, 5.74) is 2.01. The Balaban J connectivity index is 2.03. The highest BCUT2D eigenvalue weighted by Crippen LogP contribution is 2.37. The van der Waals surface area contributed by atoms with E-state index in [1.807, 2.05) is 25.1 Å². The molecule has 0 fully saturated rings. The molecule has 0 radical (unpaired) electrons. The molecule has 0 amide bonds. The van der Waals surface area contributed by atoms with Gasteiger partial charge in [-0.05, 0) is 25.1 Å². The minimum absolute atomic E-state index is 0.602. The standard InChI is InChI=1S/C12H11NO2S2/c1-7-12(16)17-11(13-7)8-2-3-9-10(6-8)15-5-4-14-9/h2-3,6,16H,4-5H2,1H3. The summed E-state index contributed by atoms with van der Waals surface area (Å²) in [6, 6.07) is 5.90. The third-order valence-electron chi connectivity index (χ3n) is 2.56. The summed E-state index contributed by atoms with van der Waals surface area (Å²) >= 11 is 5.94. The minimum Gasteiger partial charge on any atom is -0.486 e. The molecular formula is C12H11NO2S2. The zero-order valence-corrected chi connectivity index (χ0v) is 11.0. The molecule has 0 spiro atoms. The molecule has 3 nitrogen and oxygen atoms in total. The first-order valence-corrected chi connectivity index (χ1v) is 6.57. The molecule has 0 atom stereocenters. The molecule has 1 aliphatic rings. The van der Waals surface area contributed by atoms with Crippen molar-refractivity contribution in [1.29, 1.82) is 0 Å². The van der Waals surface area contributed by atoms with Gasteiger partial charge in [-0.2, -0.15) is 0 Å². The van der Waals surface area contributed by atoms with Gasteiger partial charge in [0.05, 0.1) is 9.90 Å². The van der Waals surface area contributed by atoms with Crippen LogP contribution in [0.2, 0.25) is 0 Å². The van der Waals surface area contributed by atoms with Gasteiger partial charge in [0.1, 0.15) is 18.2 Å². The van der Waals surface area contributed by atoms with Gasteiger partial charge in [-0.25, -0.2) is 4.98 Å². The monoisotopic (exact) mass is 265 g/mol. The third kappa shape index (κ3) is 2.00. The van der Waals surface area contributed by atoms with Gasteiger partial charge < -0.3 is 9.47 Å². The van der Waals surface area contributed by atoms with E-state index < -0.39 is 0 Å². The largest absolute Gasteiger partial charge is 0.486 e. The Morgan fingerprint density at radius 2 is 2.00 bits per heavy atom. The summed E-state index contributed by atoms with van der Waals surface area (Å²) in [4.78, 5) is 4.48. The number of aryl methyl sites for hydroxylation is 1. The molecule has 5 heteroatoms. The van der Waals surface area contributed by atoms with Gasteiger partial charge in [-0.3, -0.25) is 0 Å². The predicted octanol–water partition coefficient (Wildman–Crippen LogP) is 3.18. The van der Waals surface area contributed by atoms with Crippen molar-refractivity contribution in [2.24, 2.45) is 0 Å². The van der Waals surface area contributed by atoms with E-state index in [1.54, 1.807) is 11.3 Å². The van der Waals surface area contributed by atoms with E-state index in [0.717, 1.165) is 32.0 Å². The number of fused-ring (bicyclic) bond motifs is 1. The highest BCUT2D eigenvalue weighted by molar-refractivity contribution is 7.83. The second-order valence-electron chi connectivity index (χ2n) is 3.77. The fourth-order valence-corrected chi connectivity index (χ4v) is 2.80. The molecule has 0 saturated heterocycles. The summed E-state index contributed by atoms with van der Waals surface area (Å²) in [6.07, 6.45) is 0. The van der Waals surface area contributed by atoms with Crippen LogP contribution >= 0.6 is 24.0 Å². The maximum atomic E-state index is 5.56. The molecule has 17 heavy (non-hydrogen) atoms. The Bertz CT molecular complexity index is 546. The number of rotatable bonds is 1. The topological polar surface area (TPSA) is 31.4 Å². The van der Waals surface area contributed by atoms with E-state index in [0.29, 0.717) is 13.2 Å². The molecule has 88 valence electrons. The van der Waals surface area contributed by atoms with Crippen molar-refractivity contribution in [3.05, 3.63) is 23.9 Å². The van der Waals surface area contributed by atoms with Crippen molar-refractivity contribution in [1.82, 2.24) is 4.98 Å². The van der Waals surface area contributed by atoms with Crippen LogP contribution in [0.5, 0.6) is 11.5 Å². The summed E-state index contributed by atoms with van der Waals surface area (Å²) in [6.45, 7) is 3.18. The summed E-state index contributed by atoms with van der Waals surface area (Å²) in [5, 5.41) is 0.962. The third-order valence-corrected chi connectivity index (χ3v) is 4.17. The van der Waals surface area contributed by atoms with Gasteiger partial charge in [0.25, 0.3) is 0 Å². The van der Waals surface area contributed by atoms with Crippen molar-refractivity contribution >= 4 is 24.0 Å². The van der Waals surface area contributed by atoms with Crippen molar-refractivity contribution in [2.75, 3.05) is 13.2 Å². The maximum absolute atomic E-state index is 5.56. The lowest BCUT2D eigenvalue weighted by atomic mass is 10.2. The molecular weight excluding hydrogens is 254 g/mol. The average Bonchev–Trinajstić information content (AvgIpc) is 2.69. The Labute approximate surface area is 109 Å². The van der Waals surface area contributed by atoms with E-state index in [9.17, 15) is 0 Å². The van der Waals surface area contributed by atoms with E-state index in [2.05, 4.69) is 17.6 Å². The van der Waals surface area contributed by atoms with Gasteiger partial charge >= 0.3 is 0 Å². The summed E-state index contributed by atoms with van der Waals surface area (Å²) in [7, 11) is 0. The highest BCUT2D eigenvalue weighted by atomic mass is 32.2. The molecule has 0 unspecified atom stereocenters. The van der Waals surface area contributed by atoms with Crippen LogP contribution in [-0.4, -0.2) is 18.2 Å². The normalized spacial score (nSPS) is 13.8. The van der Waals surface area contributed by atoms with Crippen molar-refractivity contribution < 1.29 is 9.47 Å². The highest BCUT2D eigenvalue weighted by Gasteiger charge is 2.14. The molecule has 0 N–H and O–H groups in total. The van der Waals surface area contributed by atoms with Gasteiger partial charge in [0.15, 0.2) is 11.5 Å². The van der Waals surface area contributed by atoms with E-state index in [1.165, 1.54) is 0 Å². The molecule has 3 rings (SSSR count). The van der Waals surface area contributed by atoms with Gasteiger partial charge in [0.2, 0.25) is 0 Å². The van der Waals surface area contributed by atoms with Crippen LogP contribution in [0.3, 0.4) is 0 Å². The Morgan fingerprint density at radius 3 is 2.71 bits per heavy atom. The Kier molecular flexibility index (Phi) is 2.72. The lowest BCUT2D eigenvalue weighted by Crippen LogP contribution is -2.15. The first-order valence-electron chi connectivity index (χ1n) is 5.30. The maximum Gasteiger partial charge on any atom is 0.162 e. The van der Waals surface area contributed by atoms with Crippen molar-refractivity contribution in [2.45, 2.75) is 11.1 Å². The lowest BCUT2D eigenvalue weighted by molar-refractivity contribution is 0.171. The smallest absolute Gasteiger partial charge is 0.162 e. The van der Waals surface area contributed by atoms with E-state index in [-0.39, 0.29) is 0 Å². The fraction of sp³-hybridized carbons (Fsp3) is 0.250. The van der Waals surface area contributed by atoms with Crippen LogP contribution < -0.4 is 9.47 Å². The van der Waals surface area contributed by atoms with E-state index >= 15 is 0 Å². The second-order valence-corrected chi connectivity index (χ2v) is 5.52. The van der Waals surface area contributed by atoms with Crippen LogP contribution in [0.15, 0.2) is 22.4 Å².